The van der Waals surface area contributed by atoms with Crippen molar-refractivity contribution in [2.24, 2.45) is 0 Å². The van der Waals surface area contributed by atoms with Gasteiger partial charge in [0.15, 0.2) is 0 Å². The van der Waals surface area contributed by atoms with Crippen molar-refractivity contribution in [3.05, 3.63) is 259 Å². The smallest absolute Gasteiger partial charge is 0.132 e. The topological polar surface area (TPSA) is 12.5 Å². The molecular weight excluding hydrogens is 763 g/mol. The maximum atomic E-state index is 6.67. The molecule has 0 aromatic heterocycles. The maximum Gasteiger partial charge on any atom is 0.132 e. The van der Waals surface area contributed by atoms with Crippen LogP contribution in [0.5, 0.6) is 11.5 Å². The van der Waals surface area contributed by atoms with Gasteiger partial charge in [-0.1, -0.05) is 200 Å². The van der Waals surface area contributed by atoms with Crippen LogP contribution < -0.4 is 9.64 Å². The summed E-state index contributed by atoms with van der Waals surface area (Å²) in [6.45, 7) is 0. The molecule has 2 aliphatic heterocycles. The minimum Gasteiger partial charge on any atom is -0.457 e. The molecule has 2 aliphatic rings. The van der Waals surface area contributed by atoms with Gasteiger partial charge in [-0.2, -0.15) is 0 Å². The number of hydrogen-bond acceptors (Lipinski definition) is 2. The highest BCUT2D eigenvalue weighted by atomic mass is 16.5. The third-order valence-corrected chi connectivity index (χ3v) is 13.5. The van der Waals surface area contributed by atoms with Gasteiger partial charge in [0.25, 0.3) is 0 Å². The number of para-hydroxylation sites is 4. The van der Waals surface area contributed by atoms with Crippen LogP contribution in [-0.4, -0.2) is 0 Å². The first-order chi connectivity index (χ1) is 31.3. The standard InChI is InChI=1S/C61H39NO/c1-2-18-42(19-3-1)60-48-23-7-6-22-47(48)59(43-35-33-41(34-36-43)46-24-16-20-40-17-4-5-21-45(40)46)49-38-37-44(39-50(49)60)62-55-29-12-8-25-51(55)61(52-26-9-13-30-56(52)62)53-27-10-14-31-57(53)63-58-32-15-11-28-54(58)61/h1-39H. The van der Waals surface area contributed by atoms with E-state index in [4.69, 9.17) is 4.74 Å². The normalized spacial score (nSPS) is 13.3. The first kappa shape index (κ1) is 35.5. The molecule has 63 heavy (non-hydrogen) atoms. The summed E-state index contributed by atoms with van der Waals surface area (Å²) in [5.41, 5.74) is 14.9. The summed E-state index contributed by atoms with van der Waals surface area (Å²) < 4.78 is 6.67. The monoisotopic (exact) mass is 801 g/mol. The van der Waals surface area contributed by atoms with E-state index in [0.29, 0.717) is 0 Å². The third-order valence-electron chi connectivity index (χ3n) is 13.5. The SMILES string of the molecule is c1ccc(-c2c3ccccc3c(-c3ccc(-c4cccc5ccccc45)cc3)c3ccc(N4c5ccccc5C5(c6ccccc6Oc6ccccc65)c5ccccc54)cc23)cc1. The molecule has 294 valence electrons. The van der Waals surface area contributed by atoms with Crippen LogP contribution in [0, 0.1) is 0 Å². The van der Waals surface area contributed by atoms with Crippen LogP contribution in [0.1, 0.15) is 22.3 Å². The molecule has 0 saturated heterocycles. The zero-order valence-electron chi connectivity index (χ0n) is 34.4. The highest BCUT2D eigenvalue weighted by Crippen LogP contribution is 2.63. The van der Waals surface area contributed by atoms with Gasteiger partial charge in [-0.3, -0.25) is 0 Å². The molecule has 11 aromatic carbocycles. The van der Waals surface area contributed by atoms with E-state index in [9.17, 15) is 0 Å². The van der Waals surface area contributed by atoms with Gasteiger partial charge in [0.1, 0.15) is 11.5 Å². The van der Waals surface area contributed by atoms with Crippen LogP contribution in [0.25, 0.3) is 65.7 Å². The summed E-state index contributed by atoms with van der Waals surface area (Å²) in [4.78, 5) is 2.48. The van der Waals surface area contributed by atoms with Gasteiger partial charge in [-0.15, -0.1) is 0 Å². The maximum absolute atomic E-state index is 6.67. The van der Waals surface area contributed by atoms with E-state index in [0.717, 1.165) is 39.7 Å². The molecule has 13 rings (SSSR count). The lowest BCUT2D eigenvalue weighted by atomic mass is 9.61. The number of nitrogens with zero attached hydrogens (tertiary/aromatic N) is 1. The number of benzene rings is 11. The number of rotatable bonds is 4. The second-order valence-electron chi connectivity index (χ2n) is 16.7. The van der Waals surface area contributed by atoms with Crippen molar-refractivity contribution < 1.29 is 4.74 Å². The Morgan fingerprint density at radius 2 is 0.794 bits per heavy atom. The largest absolute Gasteiger partial charge is 0.457 e. The molecule has 2 heteroatoms. The predicted octanol–water partition coefficient (Wildman–Crippen LogP) is 16.4. The average molecular weight is 802 g/mol. The van der Waals surface area contributed by atoms with E-state index in [1.807, 2.05) is 0 Å². The molecule has 0 radical (unpaired) electrons. The van der Waals surface area contributed by atoms with E-state index in [1.54, 1.807) is 0 Å². The van der Waals surface area contributed by atoms with E-state index in [2.05, 4.69) is 241 Å². The van der Waals surface area contributed by atoms with Gasteiger partial charge in [-0.05, 0) is 113 Å². The quantitative estimate of drug-likeness (QED) is 0.164. The molecular formula is C61H39NO. The van der Waals surface area contributed by atoms with Crippen molar-refractivity contribution >= 4 is 49.4 Å². The van der Waals surface area contributed by atoms with E-state index in [1.165, 1.54) is 76.8 Å². The molecule has 0 fully saturated rings. The van der Waals surface area contributed by atoms with Crippen LogP contribution in [0.2, 0.25) is 0 Å². The summed E-state index contributed by atoms with van der Waals surface area (Å²) in [5, 5.41) is 7.41. The van der Waals surface area contributed by atoms with Gasteiger partial charge in [0.2, 0.25) is 0 Å². The van der Waals surface area contributed by atoms with Gasteiger partial charge < -0.3 is 9.64 Å². The highest BCUT2D eigenvalue weighted by molar-refractivity contribution is 6.22. The zero-order valence-corrected chi connectivity index (χ0v) is 34.4. The molecule has 2 heterocycles. The fourth-order valence-electron chi connectivity index (χ4n) is 10.9. The number of hydrogen-bond donors (Lipinski definition) is 0. The number of fused-ring (bicyclic) bond motifs is 11. The summed E-state index contributed by atoms with van der Waals surface area (Å²) in [6.07, 6.45) is 0. The van der Waals surface area contributed by atoms with Crippen LogP contribution in [-0.2, 0) is 5.41 Å². The Balaban J connectivity index is 1.06. The lowest BCUT2D eigenvalue weighted by Crippen LogP contribution is -2.39. The van der Waals surface area contributed by atoms with Crippen molar-refractivity contribution in [3.63, 3.8) is 0 Å². The fraction of sp³-hybridized carbons (Fsp3) is 0.0164. The molecule has 11 aromatic rings. The van der Waals surface area contributed by atoms with Gasteiger partial charge in [-0.25, -0.2) is 0 Å². The second kappa shape index (κ2) is 13.9. The Morgan fingerprint density at radius 3 is 1.46 bits per heavy atom. The summed E-state index contributed by atoms with van der Waals surface area (Å²) in [5.74, 6) is 1.77. The van der Waals surface area contributed by atoms with Crippen molar-refractivity contribution in [1.29, 1.82) is 0 Å². The number of anilines is 3. The zero-order chi connectivity index (χ0) is 41.5. The second-order valence-corrected chi connectivity index (χ2v) is 16.7. The van der Waals surface area contributed by atoms with Gasteiger partial charge >= 0.3 is 0 Å². The van der Waals surface area contributed by atoms with E-state index in [-0.39, 0.29) is 0 Å². The summed E-state index contributed by atoms with van der Waals surface area (Å²) in [6, 6.07) is 86.5. The Labute approximate surface area is 366 Å². The van der Waals surface area contributed by atoms with Crippen LogP contribution in [0.3, 0.4) is 0 Å². The van der Waals surface area contributed by atoms with Crippen LogP contribution in [0.4, 0.5) is 17.1 Å². The molecule has 0 bridgehead atoms. The number of ether oxygens (including phenoxy) is 1. The fourth-order valence-corrected chi connectivity index (χ4v) is 10.9. The molecule has 0 unspecified atom stereocenters. The van der Waals surface area contributed by atoms with E-state index < -0.39 is 5.41 Å². The third kappa shape index (κ3) is 5.19. The highest BCUT2D eigenvalue weighted by Gasteiger charge is 2.51. The molecule has 0 amide bonds. The lowest BCUT2D eigenvalue weighted by molar-refractivity contribution is 0.434. The van der Waals surface area contributed by atoms with Crippen molar-refractivity contribution in [3.8, 4) is 44.9 Å². The summed E-state index contributed by atoms with van der Waals surface area (Å²) >= 11 is 0. The summed E-state index contributed by atoms with van der Waals surface area (Å²) in [7, 11) is 0. The molecule has 0 saturated carbocycles. The van der Waals surface area contributed by atoms with Crippen LogP contribution in [0.15, 0.2) is 237 Å². The average Bonchev–Trinajstić information content (AvgIpc) is 3.35. The molecule has 2 nitrogen and oxygen atoms in total. The van der Waals surface area contributed by atoms with E-state index >= 15 is 0 Å². The van der Waals surface area contributed by atoms with Crippen molar-refractivity contribution in [2.45, 2.75) is 5.41 Å². The van der Waals surface area contributed by atoms with Gasteiger partial charge in [0.05, 0.1) is 16.8 Å². The molecule has 0 aliphatic carbocycles. The molecule has 0 N–H and O–H groups in total. The molecule has 1 spiro atoms. The first-order valence-corrected chi connectivity index (χ1v) is 21.8. The van der Waals surface area contributed by atoms with Crippen LogP contribution >= 0.6 is 0 Å². The lowest BCUT2D eigenvalue weighted by Gasteiger charge is -2.48. The molecule has 0 atom stereocenters. The Kier molecular flexibility index (Phi) is 7.85. The first-order valence-electron chi connectivity index (χ1n) is 21.8. The Bertz CT molecular complexity index is 3510. The Morgan fingerprint density at radius 1 is 0.317 bits per heavy atom. The minimum absolute atomic E-state index is 0.595. The van der Waals surface area contributed by atoms with Crippen molar-refractivity contribution in [1.82, 2.24) is 0 Å². The van der Waals surface area contributed by atoms with Crippen molar-refractivity contribution in [2.75, 3.05) is 4.90 Å². The predicted molar refractivity (Wildman–Crippen MR) is 262 cm³/mol. The Hall–Kier alpha value is -8.20. The van der Waals surface area contributed by atoms with Gasteiger partial charge in [0, 0.05) is 16.8 Å². The minimum atomic E-state index is -0.595.